The van der Waals surface area contributed by atoms with Gasteiger partial charge in [0.05, 0.1) is 53.2 Å². The van der Waals surface area contributed by atoms with Crippen molar-refractivity contribution < 1.29 is 64.8 Å². The Labute approximate surface area is 513 Å². The fourth-order valence-electron chi connectivity index (χ4n) is 14.5. The van der Waals surface area contributed by atoms with Gasteiger partial charge < -0.3 is 46.7 Å². The number of halogens is 1. The summed E-state index contributed by atoms with van der Waals surface area (Å²) in [6.07, 6.45) is 0.623. The molecule has 6 bridgehead atoms. The van der Waals surface area contributed by atoms with Gasteiger partial charge in [-0.25, -0.2) is 13.2 Å². The number of rotatable bonds is 28. The van der Waals surface area contributed by atoms with Gasteiger partial charge in [-0.05, 0) is 133 Å². The van der Waals surface area contributed by atoms with Crippen LogP contribution in [0.15, 0.2) is 88.8 Å². The van der Waals surface area contributed by atoms with Crippen LogP contribution >= 0.6 is 15.9 Å². The monoisotopic (exact) mass is 1280 g/mol. The van der Waals surface area contributed by atoms with E-state index in [9.17, 15) is 4.79 Å². The molecule has 2 aromatic carbocycles. The second kappa shape index (κ2) is 27.3. The van der Waals surface area contributed by atoms with Crippen LogP contribution in [-0.2, 0) is 61.4 Å². The number of ketones is 1. The maximum absolute atomic E-state index is 15.8. The van der Waals surface area contributed by atoms with E-state index >= 15 is 13.2 Å². The maximum atomic E-state index is 15.8. The summed E-state index contributed by atoms with van der Waals surface area (Å²) >= 11 is 3.50. The average Bonchev–Trinajstić information content (AvgIpc) is 1.59. The van der Waals surface area contributed by atoms with Crippen molar-refractivity contribution in [1.29, 1.82) is 0 Å². The summed E-state index contributed by atoms with van der Waals surface area (Å²) in [6, 6.07) is 20.7. The molecule has 0 amide bonds. The van der Waals surface area contributed by atoms with Crippen molar-refractivity contribution in [3.8, 4) is 0 Å². The Morgan fingerprint density at radius 2 is 1.48 bits per heavy atom. The SMILES string of the molecule is C=C(Br)C[C@H](CC[C@@]12C[C@H]3O[C@H]4[C@@H](O1)[C@H]1O[C@@H](CC(=O)C([C@H]5C(C[C@H]6O[C@@H](CCCO[Si](CC)(CC)CC)C[C@@H](C)C6=C)O[C@H](C[C@H](C)CO[Si](C)(C)C(C)(C)C)[C@@H]5C)S(=O)(=O)c5ccccc5)CC[C@@H]1O[C@H]4[C@H]3O2)OC(=O)c1ccccc1. The third-order valence-electron chi connectivity index (χ3n) is 20.7. The van der Waals surface area contributed by atoms with Crippen molar-refractivity contribution in [2.45, 2.75) is 271 Å². The molecule has 84 heavy (non-hydrogen) atoms. The van der Waals surface area contributed by atoms with Gasteiger partial charge >= 0.3 is 5.97 Å². The Bertz CT molecular complexity index is 2680. The predicted octanol–water partition coefficient (Wildman–Crippen LogP) is 13.7. The van der Waals surface area contributed by atoms with Crippen LogP contribution in [0.4, 0.5) is 0 Å². The van der Waals surface area contributed by atoms with Gasteiger partial charge in [0.25, 0.3) is 0 Å². The normalized spacial score (nSPS) is 34.2. The summed E-state index contributed by atoms with van der Waals surface area (Å²) in [7, 11) is -8.13. The molecule has 2 unspecified atom stereocenters. The van der Waals surface area contributed by atoms with E-state index in [0.29, 0.717) is 68.0 Å². The zero-order chi connectivity index (χ0) is 60.5. The highest BCUT2D eigenvalue weighted by molar-refractivity contribution is 9.11. The van der Waals surface area contributed by atoms with Gasteiger partial charge in [-0.15, -0.1) is 0 Å². The minimum absolute atomic E-state index is 0.0242. The summed E-state index contributed by atoms with van der Waals surface area (Å²) < 4.78 is 100. The number of carbonyl (C=O) groups excluding carboxylic acids is 2. The highest BCUT2D eigenvalue weighted by Gasteiger charge is 2.69. The quantitative estimate of drug-likeness (QED) is 0.0342. The molecule has 10 rings (SSSR count). The summed E-state index contributed by atoms with van der Waals surface area (Å²) in [5, 5.41) is -1.41. The van der Waals surface area contributed by atoms with E-state index in [1.54, 1.807) is 54.6 Å². The van der Waals surface area contributed by atoms with Gasteiger partial charge in [-0.1, -0.05) is 128 Å². The number of Topliss-reactive ketones (excluding diaryl/α,β-unsaturated/α-hetero) is 1. The number of carbonyl (C=O) groups is 2. The zero-order valence-electron chi connectivity index (χ0n) is 52.1. The molecule has 8 fully saturated rings. The Morgan fingerprint density at radius 3 is 2.14 bits per heavy atom. The van der Waals surface area contributed by atoms with Crippen LogP contribution in [0, 0.1) is 23.7 Å². The molecular formula is C66H99BrO14SSi2. The molecule has 8 saturated heterocycles. The fourth-order valence-corrected chi connectivity index (χ4v) is 20.7. The van der Waals surface area contributed by atoms with Gasteiger partial charge in [-0.2, -0.15) is 0 Å². The van der Waals surface area contributed by atoms with Gasteiger partial charge in [0.2, 0.25) is 0 Å². The summed E-state index contributed by atoms with van der Waals surface area (Å²) in [4.78, 5) is 29.2. The second-order valence-corrected chi connectivity index (χ2v) is 40.2. The molecule has 8 aliphatic rings. The molecular weight excluding hydrogens is 1180 g/mol. The first-order chi connectivity index (χ1) is 39.8. The van der Waals surface area contributed by atoms with Crippen LogP contribution in [-0.4, -0.2) is 140 Å². The van der Waals surface area contributed by atoms with Crippen molar-refractivity contribution in [1.82, 2.24) is 0 Å². The van der Waals surface area contributed by atoms with E-state index in [1.807, 2.05) is 6.07 Å². The first-order valence-electron chi connectivity index (χ1n) is 31.8. The largest absolute Gasteiger partial charge is 0.458 e. The van der Waals surface area contributed by atoms with Gasteiger partial charge in [0.15, 0.2) is 38.0 Å². The van der Waals surface area contributed by atoms with E-state index in [-0.39, 0.29) is 70.7 Å². The number of hydrogen-bond acceptors (Lipinski definition) is 14. The number of hydrogen-bond donors (Lipinski definition) is 0. The lowest BCUT2D eigenvalue weighted by Gasteiger charge is -2.47. The van der Waals surface area contributed by atoms with E-state index in [2.05, 4.69) is 104 Å². The third kappa shape index (κ3) is 14.6. The van der Waals surface area contributed by atoms with Crippen molar-refractivity contribution in [2.75, 3.05) is 13.2 Å². The molecule has 468 valence electrons. The predicted molar refractivity (Wildman–Crippen MR) is 334 cm³/mol. The Morgan fingerprint density at radius 1 is 0.821 bits per heavy atom. The van der Waals surface area contributed by atoms with Crippen LogP contribution in [0.25, 0.3) is 0 Å². The number of benzene rings is 2. The van der Waals surface area contributed by atoms with Crippen molar-refractivity contribution in [3.63, 3.8) is 0 Å². The Balaban J connectivity index is 0.961. The van der Waals surface area contributed by atoms with E-state index < -0.39 is 97.9 Å². The minimum Gasteiger partial charge on any atom is -0.458 e. The van der Waals surface area contributed by atoms with Crippen molar-refractivity contribution >= 4 is 54.2 Å². The van der Waals surface area contributed by atoms with Crippen LogP contribution in [0.1, 0.15) is 150 Å². The lowest BCUT2D eigenvalue weighted by Crippen LogP contribution is -2.62. The molecule has 0 saturated carbocycles. The molecule has 8 heterocycles. The Hall–Kier alpha value is -2.44. The molecule has 0 aromatic heterocycles. The second-order valence-electron chi connectivity index (χ2n) is 27.5. The van der Waals surface area contributed by atoms with Gasteiger partial charge in [0, 0.05) is 51.2 Å². The summed E-state index contributed by atoms with van der Waals surface area (Å²) in [5.41, 5.74) is 1.44. The summed E-state index contributed by atoms with van der Waals surface area (Å²) in [6.45, 7) is 34.4. The molecule has 0 N–H and O–H groups in total. The van der Waals surface area contributed by atoms with Crippen molar-refractivity contribution in [2.24, 2.45) is 23.7 Å². The van der Waals surface area contributed by atoms with Gasteiger partial charge in [-0.3, -0.25) is 4.79 Å². The standard InChI is InChI=1S/C66H99BrO14SSi2/c1-14-84(15-2,16-3)72-33-23-26-47-35-42(5)44(7)54(74-47)38-55-57(45(8)53(77-55)34-41(4)40-73-83(12,13)65(9,10)11)63(82(70,71)50-27-21-18-22-28-50)51(68)37-48-29-30-52-58(75-48)62-61-60(78-52)59-56(79-61)39-66(80-59,81-62)32-31-49(36-43(6)67)76-64(69)46-24-19-17-20-25-46/h17-22,24-25,27-28,41-42,45,47-49,52-63H,6-7,14-16,23,26,29-40H2,1-5,8-13H3/t41-,42+,45-,47-,48+,49-,52-,53+,54+,55?,56+,57+,58-,59-,60-,61+,62-,63?,66-/m0/s1. The topological polar surface area (TPSA) is 161 Å². The molecule has 14 nitrogen and oxygen atoms in total. The number of sulfone groups is 1. The summed E-state index contributed by atoms with van der Waals surface area (Å²) in [5.74, 6) is -2.67. The molecule has 0 radical (unpaired) electrons. The average molecular weight is 1280 g/mol. The van der Waals surface area contributed by atoms with Crippen LogP contribution in [0.5, 0.6) is 0 Å². The molecule has 8 aliphatic heterocycles. The van der Waals surface area contributed by atoms with E-state index in [0.717, 1.165) is 49.6 Å². The van der Waals surface area contributed by atoms with Crippen molar-refractivity contribution in [3.05, 3.63) is 89.4 Å². The molecule has 0 spiro atoms. The Kier molecular flexibility index (Phi) is 21.5. The number of fused-ring (bicyclic) bond motifs is 1. The lowest BCUT2D eigenvalue weighted by atomic mass is 9.78. The number of esters is 1. The van der Waals surface area contributed by atoms with Crippen LogP contribution in [0.2, 0.25) is 36.3 Å². The first-order valence-corrected chi connectivity index (χ1v) is 39.6. The minimum atomic E-state index is -4.32. The molecule has 19 atom stereocenters. The third-order valence-corrected chi connectivity index (χ3v) is 32.4. The van der Waals surface area contributed by atoms with Gasteiger partial charge in [0.1, 0.15) is 41.9 Å². The van der Waals surface area contributed by atoms with Crippen LogP contribution in [0.3, 0.4) is 0 Å². The molecule has 2 aromatic rings. The highest BCUT2D eigenvalue weighted by atomic mass is 79.9. The first kappa shape index (κ1) is 66.0. The lowest BCUT2D eigenvalue weighted by molar-refractivity contribution is -0.292. The smallest absolute Gasteiger partial charge is 0.338 e. The maximum Gasteiger partial charge on any atom is 0.338 e. The van der Waals surface area contributed by atoms with E-state index in [1.165, 1.54) is 0 Å². The molecule has 0 aliphatic carbocycles. The zero-order valence-corrected chi connectivity index (χ0v) is 56.5. The number of ether oxygens (including phenoxy) is 8. The fraction of sp³-hybridized carbons (Fsp3) is 0.727. The van der Waals surface area contributed by atoms with Crippen LogP contribution < -0.4 is 0 Å². The van der Waals surface area contributed by atoms with E-state index in [4.69, 9.17) is 46.7 Å². The molecule has 18 heteroatoms. The highest BCUT2D eigenvalue weighted by Crippen LogP contribution is 2.55.